The van der Waals surface area contributed by atoms with Crippen molar-refractivity contribution in [2.24, 2.45) is 0 Å². The molecule has 2 aromatic heterocycles. The van der Waals surface area contributed by atoms with Crippen molar-refractivity contribution in [3.63, 3.8) is 0 Å². The molecule has 28 heavy (non-hydrogen) atoms. The lowest BCUT2D eigenvalue weighted by Crippen LogP contribution is -2.47. The van der Waals surface area contributed by atoms with E-state index in [9.17, 15) is 13.2 Å². The number of fused-ring (bicyclic) bond motifs is 1. The molecule has 0 atom stereocenters. The Morgan fingerprint density at radius 1 is 0.964 bits per heavy atom. The highest BCUT2D eigenvalue weighted by Gasteiger charge is 2.33. The van der Waals surface area contributed by atoms with Gasteiger partial charge in [-0.3, -0.25) is 0 Å². The summed E-state index contributed by atoms with van der Waals surface area (Å²) in [6.45, 7) is 2.18. The summed E-state index contributed by atoms with van der Waals surface area (Å²) in [5, 5.41) is 4.03. The third-order valence-electron chi connectivity index (χ3n) is 4.66. The van der Waals surface area contributed by atoms with Gasteiger partial charge in [0.05, 0.1) is 5.52 Å². The van der Waals surface area contributed by atoms with Crippen molar-refractivity contribution >= 4 is 28.5 Å². The van der Waals surface area contributed by atoms with E-state index in [2.05, 4.69) is 25.3 Å². The van der Waals surface area contributed by atoms with Gasteiger partial charge in [-0.2, -0.15) is 18.2 Å². The van der Waals surface area contributed by atoms with E-state index in [-0.39, 0.29) is 5.82 Å². The molecule has 146 valence electrons. The highest BCUT2D eigenvalue weighted by Crippen LogP contribution is 2.29. The topological polar surface area (TPSA) is 70.1 Å². The summed E-state index contributed by atoms with van der Waals surface area (Å²) in [4.78, 5) is 20.4. The van der Waals surface area contributed by atoms with Crippen LogP contribution >= 0.6 is 0 Å². The second kappa shape index (κ2) is 7.10. The number of hydrogen-bond donors (Lipinski definition) is 1. The first-order valence-electron chi connectivity index (χ1n) is 8.79. The van der Waals surface area contributed by atoms with E-state index in [0.29, 0.717) is 32.1 Å². The Kier molecular flexibility index (Phi) is 4.62. The van der Waals surface area contributed by atoms with Crippen molar-refractivity contribution in [1.29, 1.82) is 0 Å². The number of hydrogen-bond acceptors (Lipinski definition) is 7. The highest BCUT2D eigenvalue weighted by atomic mass is 19.4. The fourth-order valence-electron chi connectivity index (χ4n) is 3.21. The van der Waals surface area contributed by atoms with E-state index in [1.54, 1.807) is 0 Å². The van der Waals surface area contributed by atoms with Crippen molar-refractivity contribution in [3.8, 4) is 0 Å². The van der Waals surface area contributed by atoms with Gasteiger partial charge in [0.15, 0.2) is 0 Å². The molecule has 1 aromatic carbocycles. The Morgan fingerprint density at radius 3 is 2.39 bits per heavy atom. The number of piperazine rings is 1. The average molecular weight is 389 g/mol. The predicted molar refractivity (Wildman–Crippen MR) is 101 cm³/mol. The molecule has 0 amide bonds. The largest absolute Gasteiger partial charge is 0.433 e. The fourth-order valence-corrected chi connectivity index (χ4v) is 3.21. The van der Waals surface area contributed by atoms with Crippen molar-refractivity contribution < 1.29 is 13.2 Å². The Bertz CT molecular complexity index is 984. The minimum atomic E-state index is -4.48. The highest BCUT2D eigenvalue weighted by molar-refractivity contribution is 5.90. The molecular weight excluding hydrogens is 371 g/mol. The van der Waals surface area contributed by atoms with E-state index >= 15 is 0 Å². The predicted octanol–water partition coefficient (Wildman–Crippen LogP) is 2.81. The summed E-state index contributed by atoms with van der Waals surface area (Å²) in [6.07, 6.45) is -3.53. The summed E-state index contributed by atoms with van der Waals surface area (Å²) in [5.41, 5.74) is -0.0960. The third-order valence-corrected chi connectivity index (χ3v) is 4.66. The molecule has 1 saturated heterocycles. The van der Waals surface area contributed by atoms with Crippen LogP contribution < -0.4 is 15.1 Å². The van der Waals surface area contributed by atoms with Gasteiger partial charge in [0.2, 0.25) is 5.95 Å². The maximum absolute atomic E-state index is 12.9. The standard InChI is InChI=1S/C18H18F3N7/c1-22-16-12-4-2-3-5-13(12)25-17(26-16)28-8-6-27(7-9-28)15-10-14(18(19,20)21)23-11-24-15/h2-5,10-11H,6-9H2,1H3,(H,22,25,26). The molecular formula is C18H18F3N7. The summed E-state index contributed by atoms with van der Waals surface area (Å²) in [5.74, 6) is 1.62. The third kappa shape index (κ3) is 3.49. The lowest BCUT2D eigenvalue weighted by atomic mass is 10.2. The Labute approximate surface area is 159 Å². The van der Waals surface area contributed by atoms with Crippen LogP contribution in [0.25, 0.3) is 10.9 Å². The van der Waals surface area contributed by atoms with Gasteiger partial charge in [-0.05, 0) is 12.1 Å². The lowest BCUT2D eigenvalue weighted by Gasteiger charge is -2.35. The fraction of sp³-hybridized carbons (Fsp3) is 0.333. The van der Waals surface area contributed by atoms with Gasteiger partial charge in [0, 0.05) is 44.7 Å². The first-order chi connectivity index (χ1) is 13.5. The Balaban J connectivity index is 1.53. The number of nitrogens with zero attached hydrogens (tertiary/aromatic N) is 6. The van der Waals surface area contributed by atoms with Gasteiger partial charge in [-0.1, -0.05) is 12.1 Å². The van der Waals surface area contributed by atoms with Crippen LogP contribution in [0.3, 0.4) is 0 Å². The van der Waals surface area contributed by atoms with Crippen LogP contribution in [0.2, 0.25) is 0 Å². The molecule has 1 aliphatic heterocycles. The van der Waals surface area contributed by atoms with Crippen LogP contribution in [0.4, 0.5) is 30.8 Å². The zero-order valence-corrected chi connectivity index (χ0v) is 15.1. The minimum absolute atomic E-state index is 0.275. The molecule has 0 saturated carbocycles. The van der Waals surface area contributed by atoms with E-state index in [4.69, 9.17) is 0 Å². The molecule has 3 aromatic rings. The lowest BCUT2D eigenvalue weighted by molar-refractivity contribution is -0.141. The monoisotopic (exact) mass is 389 g/mol. The van der Waals surface area contributed by atoms with Crippen LogP contribution in [0.15, 0.2) is 36.7 Å². The molecule has 1 aliphatic rings. The number of anilines is 3. The van der Waals surface area contributed by atoms with E-state index in [1.165, 1.54) is 0 Å². The van der Waals surface area contributed by atoms with Gasteiger partial charge in [0.1, 0.15) is 23.7 Å². The average Bonchev–Trinajstić information content (AvgIpc) is 2.72. The Morgan fingerprint density at radius 2 is 1.68 bits per heavy atom. The molecule has 4 rings (SSSR count). The van der Waals surface area contributed by atoms with Crippen molar-refractivity contribution in [2.45, 2.75) is 6.18 Å². The van der Waals surface area contributed by atoms with Gasteiger partial charge < -0.3 is 15.1 Å². The molecule has 7 nitrogen and oxygen atoms in total. The molecule has 1 fully saturated rings. The van der Waals surface area contributed by atoms with Crippen LogP contribution in [0, 0.1) is 0 Å². The molecule has 0 bridgehead atoms. The van der Waals surface area contributed by atoms with Crippen LogP contribution in [0.1, 0.15) is 5.69 Å². The van der Waals surface area contributed by atoms with Crippen molar-refractivity contribution in [2.75, 3.05) is 48.3 Å². The summed E-state index contributed by atoms with van der Waals surface area (Å²) in [7, 11) is 1.81. The molecule has 10 heteroatoms. The zero-order chi connectivity index (χ0) is 19.7. The van der Waals surface area contributed by atoms with Gasteiger partial charge >= 0.3 is 6.18 Å². The van der Waals surface area contributed by atoms with Gasteiger partial charge in [-0.25, -0.2) is 15.0 Å². The van der Waals surface area contributed by atoms with E-state index in [1.807, 2.05) is 41.1 Å². The maximum atomic E-state index is 12.9. The second-order valence-electron chi connectivity index (χ2n) is 6.37. The number of nitrogens with one attached hydrogen (secondary N) is 1. The zero-order valence-electron chi connectivity index (χ0n) is 15.1. The SMILES string of the molecule is CNc1nc(N2CCN(c3cc(C(F)(F)F)ncn3)CC2)nc2ccccc12. The minimum Gasteiger partial charge on any atom is -0.372 e. The normalized spacial score (nSPS) is 15.1. The van der Waals surface area contributed by atoms with E-state index in [0.717, 1.165) is 29.1 Å². The first-order valence-corrected chi connectivity index (χ1v) is 8.79. The Hall–Kier alpha value is -3.17. The van der Waals surface area contributed by atoms with E-state index < -0.39 is 11.9 Å². The number of benzene rings is 1. The molecule has 0 spiro atoms. The summed E-state index contributed by atoms with van der Waals surface area (Å²) < 4.78 is 38.6. The van der Waals surface area contributed by atoms with Gasteiger partial charge in [-0.15, -0.1) is 0 Å². The molecule has 0 aliphatic carbocycles. The molecule has 1 N–H and O–H groups in total. The number of para-hydroxylation sites is 1. The van der Waals surface area contributed by atoms with Crippen molar-refractivity contribution in [3.05, 3.63) is 42.4 Å². The second-order valence-corrected chi connectivity index (χ2v) is 6.37. The number of aromatic nitrogens is 4. The van der Waals surface area contributed by atoms with Crippen LogP contribution in [-0.4, -0.2) is 53.2 Å². The summed E-state index contributed by atoms with van der Waals surface area (Å²) in [6, 6.07) is 8.72. The van der Waals surface area contributed by atoms with Crippen LogP contribution in [-0.2, 0) is 6.18 Å². The summed E-state index contributed by atoms with van der Waals surface area (Å²) >= 11 is 0. The quantitative estimate of drug-likeness (QED) is 0.739. The number of halogens is 3. The first kappa shape index (κ1) is 18.2. The number of rotatable bonds is 3. The van der Waals surface area contributed by atoms with Gasteiger partial charge in [0.25, 0.3) is 0 Å². The maximum Gasteiger partial charge on any atom is 0.433 e. The smallest absolute Gasteiger partial charge is 0.372 e. The number of alkyl halides is 3. The van der Waals surface area contributed by atoms with Crippen LogP contribution in [0.5, 0.6) is 0 Å². The molecule has 0 unspecified atom stereocenters. The van der Waals surface area contributed by atoms with Crippen molar-refractivity contribution in [1.82, 2.24) is 19.9 Å². The molecule has 3 heterocycles. The molecule has 0 radical (unpaired) electrons.